The summed E-state index contributed by atoms with van der Waals surface area (Å²) in [5.74, 6) is 1.48. The van der Waals surface area contributed by atoms with Crippen LogP contribution < -0.4 is 5.32 Å². The molecule has 0 aromatic carbocycles. The van der Waals surface area contributed by atoms with E-state index in [-0.39, 0.29) is 5.41 Å². The Morgan fingerprint density at radius 3 is 2.56 bits per heavy atom. The lowest BCUT2D eigenvalue weighted by Crippen LogP contribution is -2.37. The fourth-order valence-electron chi connectivity index (χ4n) is 2.26. The fourth-order valence-corrected chi connectivity index (χ4v) is 2.26. The van der Waals surface area contributed by atoms with Crippen LogP contribution in [0.5, 0.6) is 0 Å². The molecule has 0 fully saturated rings. The van der Waals surface area contributed by atoms with E-state index in [0.29, 0.717) is 12.0 Å². The Morgan fingerprint density at radius 1 is 1.28 bits per heavy atom. The number of hydrogen-bond donors (Lipinski definition) is 1. The van der Waals surface area contributed by atoms with Crippen molar-refractivity contribution >= 4 is 0 Å². The molecule has 1 N–H and O–H groups in total. The van der Waals surface area contributed by atoms with Crippen molar-refractivity contribution in [3.8, 4) is 0 Å². The van der Waals surface area contributed by atoms with Crippen LogP contribution in [0.15, 0.2) is 12.2 Å². The zero-order valence-electron chi connectivity index (χ0n) is 12.8. The Kier molecular flexibility index (Phi) is 6.37. The van der Waals surface area contributed by atoms with Crippen molar-refractivity contribution in [2.75, 3.05) is 19.8 Å². The second-order valence-electron chi connectivity index (χ2n) is 6.90. The zero-order chi connectivity index (χ0) is 13.6. The van der Waals surface area contributed by atoms with Gasteiger partial charge in [0.2, 0.25) is 0 Å². The van der Waals surface area contributed by atoms with E-state index in [9.17, 15) is 0 Å². The Hall–Kier alpha value is -0.340. The fraction of sp³-hybridized carbons (Fsp3) is 0.875. The summed E-state index contributed by atoms with van der Waals surface area (Å²) in [6.07, 6.45) is 7.01. The molecular weight excluding hydrogens is 222 g/mol. The van der Waals surface area contributed by atoms with Gasteiger partial charge in [-0.2, -0.15) is 0 Å². The molecule has 18 heavy (non-hydrogen) atoms. The molecule has 0 saturated heterocycles. The van der Waals surface area contributed by atoms with Gasteiger partial charge in [-0.1, -0.05) is 46.8 Å². The maximum atomic E-state index is 5.97. The topological polar surface area (TPSA) is 21.3 Å². The van der Waals surface area contributed by atoms with Crippen LogP contribution >= 0.6 is 0 Å². The van der Waals surface area contributed by atoms with Crippen LogP contribution in [0.4, 0.5) is 0 Å². The third-order valence-electron chi connectivity index (χ3n) is 3.73. The van der Waals surface area contributed by atoms with Gasteiger partial charge in [0.15, 0.2) is 0 Å². The molecule has 0 aromatic heterocycles. The Morgan fingerprint density at radius 2 is 1.94 bits per heavy atom. The van der Waals surface area contributed by atoms with E-state index >= 15 is 0 Å². The van der Waals surface area contributed by atoms with Crippen LogP contribution in [0, 0.1) is 17.3 Å². The summed E-state index contributed by atoms with van der Waals surface area (Å²) in [4.78, 5) is 0. The first-order valence-electron chi connectivity index (χ1n) is 7.37. The van der Waals surface area contributed by atoms with Gasteiger partial charge in [0.05, 0.1) is 6.61 Å². The Labute approximate surface area is 113 Å². The number of rotatable bonds is 7. The number of allylic oxidation sites excluding steroid dienone is 2. The summed E-state index contributed by atoms with van der Waals surface area (Å²) < 4.78 is 5.97. The lowest BCUT2D eigenvalue weighted by Gasteiger charge is -2.29. The molecule has 0 spiro atoms. The summed E-state index contributed by atoms with van der Waals surface area (Å²) in [5, 5.41) is 3.49. The SMILES string of the molecule is CC(C)NCC(C)(C)COCC1CC=CCC1C. The minimum atomic E-state index is 0.220. The molecule has 0 saturated carbocycles. The molecule has 0 amide bonds. The third kappa shape index (κ3) is 6.01. The van der Waals surface area contributed by atoms with E-state index < -0.39 is 0 Å². The average molecular weight is 253 g/mol. The van der Waals surface area contributed by atoms with E-state index in [1.165, 1.54) is 12.8 Å². The molecule has 2 heteroatoms. The summed E-state index contributed by atoms with van der Waals surface area (Å²) in [7, 11) is 0. The number of nitrogens with one attached hydrogen (secondary N) is 1. The van der Waals surface area contributed by atoms with Crippen molar-refractivity contribution in [3.63, 3.8) is 0 Å². The van der Waals surface area contributed by atoms with E-state index in [1.807, 2.05) is 0 Å². The summed E-state index contributed by atoms with van der Waals surface area (Å²) in [5.41, 5.74) is 0.220. The van der Waals surface area contributed by atoms with Crippen LogP contribution in [0.25, 0.3) is 0 Å². The van der Waals surface area contributed by atoms with E-state index in [0.717, 1.165) is 25.7 Å². The van der Waals surface area contributed by atoms with Gasteiger partial charge < -0.3 is 10.1 Å². The molecule has 0 bridgehead atoms. The molecule has 2 atom stereocenters. The number of ether oxygens (including phenoxy) is 1. The highest BCUT2D eigenvalue weighted by atomic mass is 16.5. The standard InChI is InChI=1S/C16H31NO/c1-13(2)17-11-16(4,5)12-18-10-15-9-7-6-8-14(15)3/h6-7,13-15,17H,8-12H2,1-5H3. The quantitative estimate of drug-likeness (QED) is 0.700. The van der Waals surface area contributed by atoms with Crippen LogP contribution in [0.2, 0.25) is 0 Å². The van der Waals surface area contributed by atoms with Gasteiger partial charge in [-0.05, 0) is 24.7 Å². The highest BCUT2D eigenvalue weighted by molar-refractivity contribution is 4.93. The molecule has 2 nitrogen and oxygen atoms in total. The molecule has 106 valence electrons. The lowest BCUT2D eigenvalue weighted by molar-refractivity contribution is 0.0276. The van der Waals surface area contributed by atoms with Gasteiger partial charge in [-0.15, -0.1) is 0 Å². The summed E-state index contributed by atoms with van der Waals surface area (Å²) in [6.45, 7) is 14.0. The second kappa shape index (κ2) is 7.30. The first-order valence-corrected chi connectivity index (χ1v) is 7.37. The minimum Gasteiger partial charge on any atom is -0.381 e. The molecule has 0 aliphatic heterocycles. The van der Waals surface area contributed by atoms with Crippen LogP contribution in [-0.4, -0.2) is 25.8 Å². The zero-order valence-corrected chi connectivity index (χ0v) is 12.8. The minimum absolute atomic E-state index is 0.220. The molecular formula is C16H31NO. The monoisotopic (exact) mass is 253 g/mol. The highest BCUT2D eigenvalue weighted by Gasteiger charge is 2.22. The summed E-state index contributed by atoms with van der Waals surface area (Å²) in [6, 6.07) is 0.549. The van der Waals surface area contributed by atoms with Gasteiger partial charge in [0.25, 0.3) is 0 Å². The van der Waals surface area contributed by atoms with Gasteiger partial charge in [0, 0.05) is 24.6 Å². The van der Waals surface area contributed by atoms with E-state index in [4.69, 9.17) is 4.74 Å². The van der Waals surface area contributed by atoms with Gasteiger partial charge in [-0.25, -0.2) is 0 Å². The van der Waals surface area contributed by atoms with Crippen molar-refractivity contribution in [1.82, 2.24) is 5.32 Å². The first kappa shape index (κ1) is 15.7. The van der Waals surface area contributed by atoms with Crippen LogP contribution in [-0.2, 0) is 4.74 Å². The molecule has 1 aliphatic carbocycles. The van der Waals surface area contributed by atoms with Crippen LogP contribution in [0.1, 0.15) is 47.5 Å². The van der Waals surface area contributed by atoms with Crippen molar-refractivity contribution in [3.05, 3.63) is 12.2 Å². The predicted octanol–water partition coefficient (Wildman–Crippen LogP) is 3.63. The van der Waals surface area contributed by atoms with Gasteiger partial charge in [0.1, 0.15) is 0 Å². The van der Waals surface area contributed by atoms with Crippen molar-refractivity contribution in [2.24, 2.45) is 17.3 Å². The molecule has 1 rings (SSSR count). The lowest BCUT2D eigenvalue weighted by atomic mass is 9.85. The smallest absolute Gasteiger partial charge is 0.0529 e. The van der Waals surface area contributed by atoms with E-state index in [2.05, 4.69) is 52.1 Å². The average Bonchev–Trinajstić information content (AvgIpc) is 2.29. The van der Waals surface area contributed by atoms with Crippen LogP contribution in [0.3, 0.4) is 0 Å². The maximum Gasteiger partial charge on any atom is 0.0529 e. The molecule has 0 aromatic rings. The molecule has 2 unspecified atom stereocenters. The third-order valence-corrected chi connectivity index (χ3v) is 3.73. The normalized spacial score (nSPS) is 24.8. The number of hydrogen-bond acceptors (Lipinski definition) is 2. The predicted molar refractivity (Wildman–Crippen MR) is 78.8 cm³/mol. The first-order chi connectivity index (χ1) is 8.41. The maximum absolute atomic E-state index is 5.97. The molecule has 1 aliphatic rings. The van der Waals surface area contributed by atoms with Crippen molar-refractivity contribution < 1.29 is 4.74 Å². The van der Waals surface area contributed by atoms with Crippen molar-refractivity contribution in [1.29, 1.82) is 0 Å². The second-order valence-corrected chi connectivity index (χ2v) is 6.90. The highest BCUT2D eigenvalue weighted by Crippen LogP contribution is 2.25. The molecule has 0 heterocycles. The van der Waals surface area contributed by atoms with Gasteiger partial charge in [-0.3, -0.25) is 0 Å². The Bertz CT molecular complexity index is 258. The Balaban J connectivity index is 2.21. The van der Waals surface area contributed by atoms with Crippen molar-refractivity contribution in [2.45, 2.75) is 53.5 Å². The largest absolute Gasteiger partial charge is 0.381 e. The summed E-state index contributed by atoms with van der Waals surface area (Å²) >= 11 is 0. The van der Waals surface area contributed by atoms with Gasteiger partial charge >= 0.3 is 0 Å². The molecule has 0 radical (unpaired) electrons. The van der Waals surface area contributed by atoms with E-state index in [1.54, 1.807) is 0 Å².